The van der Waals surface area contributed by atoms with Crippen molar-refractivity contribution in [2.75, 3.05) is 19.0 Å². The van der Waals surface area contributed by atoms with E-state index in [1.807, 2.05) is 13.8 Å². The molecule has 0 amide bonds. The van der Waals surface area contributed by atoms with Crippen LogP contribution in [-0.2, 0) is 0 Å². The first kappa shape index (κ1) is 13.5. The predicted octanol–water partition coefficient (Wildman–Crippen LogP) is 2.58. The third-order valence-electron chi connectivity index (χ3n) is 2.03. The topological polar surface area (TPSA) is 47.0 Å². The third-order valence-corrected chi connectivity index (χ3v) is 2.03. The van der Waals surface area contributed by atoms with Crippen molar-refractivity contribution in [3.05, 3.63) is 11.9 Å². The molecule has 1 aromatic rings. The summed E-state index contributed by atoms with van der Waals surface area (Å²) in [5.74, 6) is 0.408. The molecular formula is C10H14F3N3O. The lowest BCUT2D eigenvalue weighted by molar-refractivity contribution is -0.154. The molecule has 7 heteroatoms. The van der Waals surface area contributed by atoms with Crippen molar-refractivity contribution in [1.82, 2.24) is 9.97 Å². The summed E-state index contributed by atoms with van der Waals surface area (Å²) in [7, 11) is 1.64. The molecule has 0 aliphatic carbocycles. The highest BCUT2D eigenvalue weighted by Crippen LogP contribution is 2.30. The van der Waals surface area contributed by atoms with E-state index in [-0.39, 0.29) is 11.8 Å². The van der Waals surface area contributed by atoms with Crippen LogP contribution in [0.5, 0.6) is 5.88 Å². The van der Waals surface area contributed by atoms with Crippen LogP contribution in [-0.4, -0.2) is 29.8 Å². The third kappa shape index (κ3) is 3.76. The Kier molecular flexibility index (Phi) is 4.14. The van der Waals surface area contributed by atoms with Crippen LogP contribution in [0.3, 0.4) is 0 Å². The minimum atomic E-state index is -4.38. The quantitative estimate of drug-likeness (QED) is 0.890. The van der Waals surface area contributed by atoms with Crippen LogP contribution in [0.15, 0.2) is 6.33 Å². The zero-order chi connectivity index (χ0) is 13.1. The van der Waals surface area contributed by atoms with E-state index in [1.54, 1.807) is 7.05 Å². The Bertz CT molecular complexity index is 380. The normalized spacial score (nSPS) is 11.7. The Hall–Kier alpha value is -1.53. The van der Waals surface area contributed by atoms with E-state index in [4.69, 9.17) is 0 Å². The second-order valence-corrected chi connectivity index (χ2v) is 3.75. The Morgan fingerprint density at radius 2 is 2.00 bits per heavy atom. The van der Waals surface area contributed by atoms with Crippen molar-refractivity contribution < 1.29 is 17.9 Å². The van der Waals surface area contributed by atoms with Gasteiger partial charge in [0.1, 0.15) is 12.1 Å². The van der Waals surface area contributed by atoms with Crippen molar-refractivity contribution in [3.8, 4) is 5.88 Å². The van der Waals surface area contributed by atoms with Crippen LogP contribution in [0.25, 0.3) is 0 Å². The van der Waals surface area contributed by atoms with E-state index >= 15 is 0 Å². The van der Waals surface area contributed by atoms with Gasteiger partial charge in [-0.15, -0.1) is 0 Å². The Balaban J connectivity index is 2.98. The minimum Gasteiger partial charge on any atom is -0.468 e. The first-order chi connectivity index (χ1) is 7.85. The van der Waals surface area contributed by atoms with Crippen molar-refractivity contribution >= 4 is 5.82 Å². The number of alkyl halides is 3. The van der Waals surface area contributed by atoms with Crippen LogP contribution in [0.4, 0.5) is 19.0 Å². The highest BCUT2D eigenvalue weighted by molar-refractivity contribution is 5.50. The molecule has 0 fully saturated rings. The van der Waals surface area contributed by atoms with Gasteiger partial charge in [0.2, 0.25) is 5.88 Å². The van der Waals surface area contributed by atoms with E-state index < -0.39 is 12.8 Å². The van der Waals surface area contributed by atoms with Crippen LogP contribution in [0.1, 0.15) is 25.3 Å². The number of nitrogens with one attached hydrogen (secondary N) is 1. The molecule has 0 unspecified atom stereocenters. The van der Waals surface area contributed by atoms with Gasteiger partial charge in [0.25, 0.3) is 0 Å². The first-order valence-electron chi connectivity index (χ1n) is 5.07. The van der Waals surface area contributed by atoms with E-state index in [1.165, 1.54) is 6.33 Å². The second kappa shape index (κ2) is 5.20. The number of halogens is 3. The van der Waals surface area contributed by atoms with Gasteiger partial charge in [0, 0.05) is 7.05 Å². The predicted molar refractivity (Wildman–Crippen MR) is 57.2 cm³/mol. The van der Waals surface area contributed by atoms with Crippen LogP contribution >= 0.6 is 0 Å². The molecule has 1 rings (SSSR count). The number of rotatable bonds is 4. The van der Waals surface area contributed by atoms with Gasteiger partial charge in [-0.3, -0.25) is 0 Å². The lowest BCUT2D eigenvalue weighted by Gasteiger charge is -2.16. The van der Waals surface area contributed by atoms with E-state index in [0.29, 0.717) is 11.4 Å². The molecule has 1 N–H and O–H groups in total. The number of ether oxygens (including phenoxy) is 1. The average Bonchev–Trinajstić information content (AvgIpc) is 2.24. The summed E-state index contributed by atoms with van der Waals surface area (Å²) >= 11 is 0. The van der Waals surface area contributed by atoms with Gasteiger partial charge < -0.3 is 10.1 Å². The largest absolute Gasteiger partial charge is 0.468 e. The summed E-state index contributed by atoms with van der Waals surface area (Å²) in [6.45, 7) is 2.31. The molecule has 17 heavy (non-hydrogen) atoms. The standard InChI is InChI=1S/C10H14F3N3O/c1-6(2)7-8(14-3)15-5-16-9(7)17-4-10(11,12)13/h5-6H,4H2,1-3H3,(H,14,15,16). The molecule has 0 aliphatic rings. The van der Waals surface area contributed by atoms with Gasteiger partial charge in [-0.1, -0.05) is 13.8 Å². The SMILES string of the molecule is CNc1ncnc(OCC(F)(F)F)c1C(C)C. The minimum absolute atomic E-state index is 0.0309. The van der Waals surface area contributed by atoms with Crippen LogP contribution in [0.2, 0.25) is 0 Å². The monoisotopic (exact) mass is 249 g/mol. The second-order valence-electron chi connectivity index (χ2n) is 3.75. The molecular weight excluding hydrogens is 235 g/mol. The van der Waals surface area contributed by atoms with Gasteiger partial charge in [-0.2, -0.15) is 13.2 Å². The van der Waals surface area contributed by atoms with Gasteiger partial charge in [-0.25, -0.2) is 9.97 Å². The summed E-state index contributed by atoms with van der Waals surface area (Å²) in [5.41, 5.74) is 0.541. The van der Waals surface area contributed by atoms with E-state index in [0.717, 1.165) is 0 Å². The zero-order valence-electron chi connectivity index (χ0n) is 9.80. The van der Waals surface area contributed by atoms with Crippen molar-refractivity contribution in [3.63, 3.8) is 0 Å². The smallest absolute Gasteiger partial charge is 0.422 e. The lowest BCUT2D eigenvalue weighted by Crippen LogP contribution is -2.20. The maximum atomic E-state index is 12.1. The summed E-state index contributed by atoms with van der Waals surface area (Å²) in [5, 5.41) is 2.80. The van der Waals surface area contributed by atoms with Gasteiger partial charge in [0.05, 0.1) is 5.56 Å². The lowest BCUT2D eigenvalue weighted by atomic mass is 10.1. The highest BCUT2D eigenvalue weighted by Gasteiger charge is 2.29. The Labute approximate surface area is 97.2 Å². The molecule has 0 atom stereocenters. The van der Waals surface area contributed by atoms with Crippen LogP contribution in [0, 0.1) is 0 Å². The fourth-order valence-corrected chi connectivity index (χ4v) is 1.36. The molecule has 0 saturated carbocycles. The maximum absolute atomic E-state index is 12.1. The molecule has 0 aliphatic heterocycles. The molecule has 0 aromatic carbocycles. The van der Waals surface area contributed by atoms with Crippen molar-refractivity contribution in [2.24, 2.45) is 0 Å². The molecule has 0 saturated heterocycles. The van der Waals surface area contributed by atoms with Gasteiger partial charge in [0.15, 0.2) is 6.61 Å². The molecule has 96 valence electrons. The van der Waals surface area contributed by atoms with Crippen molar-refractivity contribution in [2.45, 2.75) is 25.9 Å². The van der Waals surface area contributed by atoms with Gasteiger partial charge in [-0.05, 0) is 5.92 Å². The summed E-state index contributed by atoms with van der Waals surface area (Å²) in [6, 6.07) is 0. The van der Waals surface area contributed by atoms with Crippen LogP contribution < -0.4 is 10.1 Å². The number of nitrogens with zero attached hydrogens (tertiary/aromatic N) is 2. The Morgan fingerprint density at radius 1 is 1.35 bits per heavy atom. The summed E-state index contributed by atoms with van der Waals surface area (Å²) in [4.78, 5) is 7.68. The van der Waals surface area contributed by atoms with Crippen molar-refractivity contribution in [1.29, 1.82) is 0 Å². The van der Waals surface area contributed by atoms with E-state index in [9.17, 15) is 13.2 Å². The number of hydrogen-bond donors (Lipinski definition) is 1. The molecule has 0 radical (unpaired) electrons. The fourth-order valence-electron chi connectivity index (χ4n) is 1.36. The zero-order valence-corrected chi connectivity index (χ0v) is 9.80. The molecule has 4 nitrogen and oxygen atoms in total. The van der Waals surface area contributed by atoms with E-state index in [2.05, 4.69) is 20.0 Å². The highest BCUT2D eigenvalue weighted by atomic mass is 19.4. The first-order valence-corrected chi connectivity index (χ1v) is 5.07. The molecule has 0 bridgehead atoms. The van der Waals surface area contributed by atoms with Gasteiger partial charge >= 0.3 is 6.18 Å². The summed E-state index contributed by atoms with van der Waals surface area (Å²) in [6.07, 6.45) is -3.21. The maximum Gasteiger partial charge on any atom is 0.422 e. The number of anilines is 1. The molecule has 0 spiro atoms. The summed E-state index contributed by atoms with van der Waals surface area (Å²) < 4.78 is 40.9. The Morgan fingerprint density at radius 3 is 2.47 bits per heavy atom. The fraction of sp³-hybridized carbons (Fsp3) is 0.600. The number of aromatic nitrogens is 2. The molecule has 1 heterocycles. The average molecular weight is 249 g/mol. The molecule has 1 aromatic heterocycles. The number of hydrogen-bond acceptors (Lipinski definition) is 4.